The maximum absolute atomic E-state index is 8.75. The Bertz CT molecular complexity index is 1100. The van der Waals surface area contributed by atoms with Crippen LogP contribution in [-0.4, -0.2) is 29.5 Å². The van der Waals surface area contributed by atoms with Gasteiger partial charge in [0.05, 0.1) is 30.0 Å². The molecule has 9 heteroatoms. The van der Waals surface area contributed by atoms with E-state index in [2.05, 4.69) is 30.8 Å². The van der Waals surface area contributed by atoms with Gasteiger partial charge in [0.2, 0.25) is 0 Å². The van der Waals surface area contributed by atoms with Crippen molar-refractivity contribution >= 4 is 28.2 Å². The zero-order valence-electron chi connectivity index (χ0n) is 14.0. The molecule has 9 nitrogen and oxygen atoms in total. The second-order valence-electron chi connectivity index (χ2n) is 5.73. The van der Waals surface area contributed by atoms with Gasteiger partial charge in [0, 0.05) is 18.9 Å². The molecule has 0 saturated heterocycles. The minimum atomic E-state index is 0.536. The SMILES string of the molecule is Cn1cc(Nc2ncnc3c2cnn3Cc2cccc(NC#N)c2)cn1. The van der Waals surface area contributed by atoms with Crippen LogP contribution in [0, 0.1) is 11.5 Å². The van der Waals surface area contributed by atoms with Crippen LogP contribution in [0.5, 0.6) is 0 Å². The molecule has 26 heavy (non-hydrogen) atoms. The third kappa shape index (κ3) is 3.03. The Morgan fingerprint density at radius 3 is 2.88 bits per heavy atom. The fourth-order valence-corrected chi connectivity index (χ4v) is 2.72. The number of fused-ring (bicyclic) bond motifs is 1. The van der Waals surface area contributed by atoms with Gasteiger partial charge in [-0.05, 0) is 17.7 Å². The van der Waals surface area contributed by atoms with Crippen LogP contribution < -0.4 is 10.6 Å². The van der Waals surface area contributed by atoms with Crippen molar-refractivity contribution in [1.82, 2.24) is 29.5 Å². The first-order valence-corrected chi connectivity index (χ1v) is 7.89. The number of benzene rings is 1. The molecule has 0 aliphatic heterocycles. The van der Waals surface area contributed by atoms with E-state index in [0.717, 1.165) is 28.0 Å². The van der Waals surface area contributed by atoms with Gasteiger partial charge in [-0.15, -0.1) is 0 Å². The number of nitrogens with zero attached hydrogens (tertiary/aromatic N) is 7. The third-order valence-electron chi connectivity index (χ3n) is 3.86. The van der Waals surface area contributed by atoms with Crippen molar-refractivity contribution in [3.05, 3.63) is 54.7 Å². The standard InChI is InChI=1S/C17H15N9/c1-25-9-14(6-22-25)24-16-15-7-23-26(17(15)21-11-20-16)8-12-3-2-4-13(5-12)19-10-18/h2-7,9,11,19H,8H2,1H3,(H,20,21,24). The molecule has 0 spiro atoms. The molecule has 4 rings (SSSR count). The van der Waals surface area contributed by atoms with Gasteiger partial charge in [-0.2, -0.15) is 15.5 Å². The number of rotatable bonds is 5. The van der Waals surface area contributed by atoms with Gasteiger partial charge in [0.1, 0.15) is 12.1 Å². The van der Waals surface area contributed by atoms with Crippen molar-refractivity contribution in [3.8, 4) is 6.19 Å². The molecule has 0 aliphatic carbocycles. The van der Waals surface area contributed by atoms with Crippen LogP contribution in [0.25, 0.3) is 11.0 Å². The van der Waals surface area contributed by atoms with E-state index in [0.29, 0.717) is 12.4 Å². The minimum Gasteiger partial charge on any atom is -0.337 e. The van der Waals surface area contributed by atoms with E-state index in [9.17, 15) is 0 Å². The van der Waals surface area contributed by atoms with E-state index in [4.69, 9.17) is 5.26 Å². The smallest absolute Gasteiger partial charge is 0.181 e. The largest absolute Gasteiger partial charge is 0.337 e. The molecule has 2 N–H and O–H groups in total. The summed E-state index contributed by atoms with van der Waals surface area (Å²) >= 11 is 0. The highest BCUT2D eigenvalue weighted by atomic mass is 15.3. The summed E-state index contributed by atoms with van der Waals surface area (Å²) in [6.45, 7) is 0.536. The van der Waals surface area contributed by atoms with E-state index in [-0.39, 0.29) is 0 Å². The average Bonchev–Trinajstić information content (AvgIpc) is 3.23. The molecular formula is C17H15N9. The van der Waals surface area contributed by atoms with Crippen molar-refractivity contribution < 1.29 is 0 Å². The number of nitriles is 1. The van der Waals surface area contributed by atoms with E-state index >= 15 is 0 Å². The molecule has 0 saturated carbocycles. The molecule has 128 valence electrons. The second-order valence-corrected chi connectivity index (χ2v) is 5.73. The molecule has 1 aromatic carbocycles. The lowest BCUT2D eigenvalue weighted by molar-refractivity contribution is 0.704. The van der Waals surface area contributed by atoms with Gasteiger partial charge in [0.25, 0.3) is 0 Å². The Hall–Kier alpha value is -3.93. The molecular weight excluding hydrogens is 330 g/mol. The molecule has 0 bridgehead atoms. The Balaban J connectivity index is 1.64. The van der Waals surface area contributed by atoms with E-state index < -0.39 is 0 Å². The highest BCUT2D eigenvalue weighted by Gasteiger charge is 2.11. The number of aryl methyl sites for hydroxylation is 1. The maximum atomic E-state index is 8.75. The van der Waals surface area contributed by atoms with Gasteiger partial charge in [0.15, 0.2) is 11.8 Å². The predicted molar refractivity (Wildman–Crippen MR) is 96.6 cm³/mol. The maximum Gasteiger partial charge on any atom is 0.181 e. The van der Waals surface area contributed by atoms with Gasteiger partial charge in [-0.3, -0.25) is 10.00 Å². The Labute approximate surface area is 148 Å². The molecule has 3 aromatic heterocycles. The third-order valence-corrected chi connectivity index (χ3v) is 3.86. The quantitative estimate of drug-likeness (QED) is 0.422. The number of hydrogen-bond acceptors (Lipinski definition) is 7. The first-order chi connectivity index (χ1) is 12.7. The summed E-state index contributed by atoms with van der Waals surface area (Å²) in [5.41, 5.74) is 3.33. The highest BCUT2D eigenvalue weighted by molar-refractivity contribution is 5.88. The van der Waals surface area contributed by atoms with Crippen LogP contribution >= 0.6 is 0 Å². The van der Waals surface area contributed by atoms with Crippen LogP contribution in [0.3, 0.4) is 0 Å². The van der Waals surface area contributed by atoms with E-state index in [1.165, 1.54) is 6.33 Å². The summed E-state index contributed by atoms with van der Waals surface area (Å²) in [4.78, 5) is 8.68. The minimum absolute atomic E-state index is 0.536. The first kappa shape index (κ1) is 15.6. The molecule has 0 amide bonds. The Morgan fingerprint density at radius 1 is 1.15 bits per heavy atom. The number of hydrogen-bond donors (Lipinski definition) is 2. The Morgan fingerprint density at radius 2 is 2.08 bits per heavy atom. The van der Waals surface area contributed by atoms with Crippen LogP contribution in [-0.2, 0) is 13.6 Å². The number of aromatic nitrogens is 6. The Kier molecular flexibility index (Phi) is 3.91. The summed E-state index contributed by atoms with van der Waals surface area (Å²) in [7, 11) is 1.86. The summed E-state index contributed by atoms with van der Waals surface area (Å²) in [5.74, 6) is 0.675. The van der Waals surface area contributed by atoms with E-state index in [1.54, 1.807) is 21.8 Å². The molecule has 3 heterocycles. The van der Waals surface area contributed by atoms with Gasteiger partial charge in [-0.1, -0.05) is 12.1 Å². The van der Waals surface area contributed by atoms with Crippen molar-refractivity contribution in [1.29, 1.82) is 5.26 Å². The van der Waals surface area contributed by atoms with Gasteiger partial charge in [-0.25, -0.2) is 14.6 Å². The van der Waals surface area contributed by atoms with Crippen LogP contribution in [0.4, 0.5) is 17.2 Å². The summed E-state index contributed by atoms with van der Waals surface area (Å²) in [5, 5.41) is 24.0. The molecule has 0 atom stereocenters. The van der Waals surface area contributed by atoms with Crippen molar-refractivity contribution in [2.75, 3.05) is 10.6 Å². The van der Waals surface area contributed by atoms with E-state index in [1.807, 2.05) is 43.7 Å². The van der Waals surface area contributed by atoms with Crippen LogP contribution in [0.2, 0.25) is 0 Å². The fraction of sp³-hybridized carbons (Fsp3) is 0.118. The second kappa shape index (κ2) is 6.52. The van der Waals surface area contributed by atoms with Crippen molar-refractivity contribution in [2.45, 2.75) is 6.54 Å². The lowest BCUT2D eigenvalue weighted by atomic mass is 10.2. The van der Waals surface area contributed by atoms with Crippen LogP contribution in [0.15, 0.2) is 49.2 Å². The van der Waals surface area contributed by atoms with Gasteiger partial charge < -0.3 is 5.32 Å². The number of anilines is 3. The van der Waals surface area contributed by atoms with Crippen molar-refractivity contribution in [2.24, 2.45) is 7.05 Å². The van der Waals surface area contributed by atoms with Crippen molar-refractivity contribution in [3.63, 3.8) is 0 Å². The topological polar surface area (TPSA) is 109 Å². The number of nitrogens with one attached hydrogen (secondary N) is 2. The zero-order chi connectivity index (χ0) is 17.9. The molecule has 0 aliphatic rings. The molecule has 0 unspecified atom stereocenters. The average molecular weight is 345 g/mol. The lowest BCUT2D eigenvalue weighted by Gasteiger charge is -2.06. The molecule has 0 radical (unpaired) electrons. The molecule has 4 aromatic rings. The summed E-state index contributed by atoms with van der Waals surface area (Å²) < 4.78 is 3.52. The first-order valence-electron chi connectivity index (χ1n) is 7.89. The fourth-order valence-electron chi connectivity index (χ4n) is 2.72. The summed E-state index contributed by atoms with van der Waals surface area (Å²) in [6, 6.07) is 7.62. The normalized spacial score (nSPS) is 10.6. The lowest BCUT2D eigenvalue weighted by Crippen LogP contribution is -2.03. The van der Waals surface area contributed by atoms with Gasteiger partial charge >= 0.3 is 0 Å². The zero-order valence-corrected chi connectivity index (χ0v) is 14.0. The summed E-state index contributed by atoms with van der Waals surface area (Å²) in [6.07, 6.45) is 8.77. The van der Waals surface area contributed by atoms with Crippen LogP contribution in [0.1, 0.15) is 5.56 Å². The predicted octanol–water partition coefficient (Wildman–Crippen LogP) is 2.24. The molecule has 0 fully saturated rings. The highest BCUT2D eigenvalue weighted by Crippen LogP contribution is 2.23. The monoisotopic (exact) mass is 345 g/mol.